The van der Waals surface area contributed by atoms with Gasteiger partial charge in [0.25, 0.3) is 0 Å². The van der Waals surface area contributed by atoms with Gasteiger partial charge in [0.2, 0.25) is 0 Å². The number of thiazole rings is 1. The van der Waals surface area contributed by atoms with Crippen LogP contribution in [0.5, 0.6) is 0 Å². The van der Waals surface area contributed by atoms with Crippen molar-refractivity contribution in [3.05, 3.63) is 18.0 Å². The van der Waals surface area contributed by atoms with Crippen molar-refractivity contribution in [2.75, 3.05) is 5.73 Å². The molecule has 3 N–H and O–H groups in total. The summed E-state index contributed by atoms with van der Waals surface area (Å²) in [5, 5.41) is 10.6. The molecule has 65 valence electrons. The first-order chi connectivity index (χ1) is 5.59. The average Bonchev–Trinajstić information content (AvgIpc) is 2.34. The third kappa shape index (κ3) is 2.20. The molecule has 1 heterocycles. The smallest absolute Gasteiger partial charge is 0.304 e. The lowest BCUT2D eigenvalue weighted by molar-refractivity contribution is -0.137. The normalized spacial score (nSPS) is 12.8. The third-order valence-corrected chi connectivity index (χ3v) is 2.07. The Morgan fingerprint density at radius 1 is 1.92 bits per heavy atom. The molecule has 4 nitrogen and oxygen atoms in total. The van der Waals surface area contributed by atoms with Crippen LogP contribution in [0.2, 0.25) is 0 Å². The molecule has 0 saturated heterocycles. The molecule has 0 aliphatic heterocycles. The lowest BCUT2D eigenvalue weighted by atomic mass is 10.1. The zero-order chi connectivity index (χ0) is 9.14. The molecule has 5 heteroatoms. The molecule has 1 unspecified atom stereocenters. The Hall–Kier alpha value is -1.10. The summed E-state index contributed by atoms with van der Waals surface area (Å²) >= 11 is 1.29. The number of hydrogen-bond donors (Lipinski definition) is 2. The minimum atomic E-state index is -0.874. The van der Waals surface area contributed by atoms with Crippen LogP contribution in [-0.4, -0.2) is 16.1 Å². The van der Waals surface area contributed by atoms with Gasteiger partial charge in [-0.25, -0.2) is 4.98 Å². The predicted octanol–water partition coefficient (Wildman–Crippen LogP) is 1.12. The molecule has 0 aliphatic rings. The van der Waals surface area contributed by atoms with Crippen molar-refractivity contribution in [2.24, 2.45) is 0 Å². The van der Waals surface area contributed by atoms with Crippen LogP contribution in [0.3, 0.4) is 0 Å². The predicted molar refractivity (Wildman–Crippen MR) is 46.9 cm³/mol. The van der Waals surface area contributed by atoms with Crippen LogP contribution in [-0.2, 0) is 4.79 Å². The molecular formula is C7H9N2O2S. The quantitative estimate of drug-likeness (QED) is 0.739. The zero-order valence-electron chi connectivity index (χ0n) is 6.36. The first-order valence-electron chi connectivity index (χ1n) is 3.35. The molecule has 1 radical (unpaired) electrons. The Morgan fingerprint density at radius 3 is 3.00 bits per heavy atom. The van der Waals surface area contributed by atoms with Crippen molar-refractivity contribution in [2.45, 2.75) is 12.3 Å². The summed E-state index contributed by atoms with van der Waals surface area (Å²) in [4.78, 5) is 14.2. The van der Waals surface area contributed by atoms with Gasteiger partial charge < -0.3 is 10.8 Å². The second-order valence-electron chi connectivity index (χ2n) is 2.41. The van der Waals surface area contributed by atoms with Crippen molar-refractivity contribution in [1.82, 2.24) is 4.98 Å². The molecule has 0 fully saturated rings. The van der Waals surface area contributed by atoms with E-state index in [2.05, 4.69) is 11.9 Å². The number of nitrogen functional groups attached to an aromatic ring is 1. The van der Waals surface area contributed by atoms with Crippen LogP contribution < -0.4 is 5.73 Å². The van der Waals surface area contributed by atoms with E-state index >= 15 is 0 Å². The fourth-order valence-electron chi connectivity index (χ4n) is 0.804. The Labute approximate surface area is 74.0 Å². The Kier molecular flexibility index (Phi) is 2.65. The minimum Gasteiger partial charge on any atom is -0.481 e. The average molecular weight is 185 g/mol. The first kappa shape index (κ1) is 8.99. The summed E-state index contributed by atoms with van der Waals surface area (Å²) in [6, 6.07) is 0. The van der Waals surface area contributed by atoms with Gasteiger partial charge in [0, 0.05) is 11.3 Å². The van der Waals surface area contributed by atoms with E-state index in [4.69, 9.17) is 10.8 Å². The molecule has 0 bridgehead atoms. The number of nitrogens with two attached hydrogens (primary N) is 1. The molecular weight excluding hydrogens is 176 g/mol. The van der Waals surface area contributed by atoms with Crippen molar-refractivity contribution >= 4 is 22.4 Å². The summed E-state index contributed by atoms with van der Waals surface area (Å²) in [7, 11) is 0. The fourth-order valence-corrected chi connectivity index (χ4v) is 1.45. The highest BCUT2D eigenvalue weighted by molar-refractivity contribution is 7.13. The first-order valence-corrected chi connectivity index (χ1v) is 4.23. The van der Waals surface area contributed by atoms with Crippen LogP contribution in [0.4, 0.5) is 5.13 Å². The molecule has 1 aromatic heterocycles. The molecule has 0 aromatic carbocycles. The summed E-state index contributed by atoms with van der Waals surface area (Å²) in [6.45, 7) is 3.67. The highest BCUT2D eigenvalue weighted by Crippen LogP contribution is 2.21. The van der Waals surface area contributed by atoms with E-state index < -0.39 is 5.97 Å². The standard InChI is InChI=1S/C7H9N2O2S/c1-4(2-6(10)11)5-3-12-7(8)9-5/h3-4H,1-2H2,(H2,8,9)(H,10,11). The van der Waals surface area contributed by atoms with Gasteiger partial charge in [0.15, 0.2) is 5.13 Å². The maximum absolute atomic E-state index is 10.3. The maximum Gasteiger partial charge on any atom is 0.304 e. The minimum absolute atomic E-state index is 0.0107. The van der Waals surface area contributed by atoms with Gasteiger partial charge in [-0.05, 0) is 6.92 Å². The molecule has 12 heavy (non-hydrogen) atoms. The molecule has 1 rings (SSSR count). The van der Waals surface area contributed by atoms with Crippen LogP contribution in [0, 0.1) is 6.92 Å². The van der Waals surface area contributed by atoms with E-state index in [0.29, 0.717) is 10.8 Å². The number of carboxylic acids is 1. The molecule has 0 spiro atoms. The van der Waals surface area contributed by atoms with Gasteiger partial charge in [0.05, 0.1) is 12.1 Å². The maximum atomic E-state index is 10.3. The number of nitrogens with zero attached hydrogens (tertiary/aromatic N) is 1. The van der Waals surface area contributed by atoms with Crippen LogP contribution >= 0.6 is 11.3 Å². The zero-order valence-corrected chi connectivity index (χ0v) is 7.17. The Balaban J connectivity index is 2.64. The van der Waals surface area contributed by atoms with Crippen molar-refractivity contribution < 1.29 is 9.90 Å². The van der Waals surface area contributed by atoms with Gasteiger partial charge in [-0.2, -0.15) is 0 Å². The van der Waals surface area contributed by atoms with E-state index in [1.54, 1.807) is 5.38 Å². The van der Waals surface area contributed by atoms with Gasteiger partial charge in [-0.1, -0.05) is 0 Å². The number of aromatic nitrogens is 1. The van der Waals surface area contributed by atoms with E-state index in [1.165, 1.54) is 11.3 Å². The van der Waals surface area contributed by atoms with Crippen molar-refractivity contribution in [1.29, 1.82) is 0 Å². The summed E-state index contributed by atoms with van der Waals surface area (Å²) in [5.74, 6) is -1.18. The van der Waals surface area contributed by atoms with Crippen LogP contribution in [0.15, 0.2) is 5.38 Å². The third-order valence-electron chi connectivity index (χ3n) is 1.38. The molecule has 1 atom stereocenters. The molecule has 0 saturated carbocycles. The van der Waals surface area contributed by atoms with Crippen molar-refractivity contribution in [3.8, 4) is 0 Å². The van der Waals surface area contributed by atoms with E-state index in [0.717, 1.165) is 0 Å². The topological polar surface area (TPSA) is 76.2 Å². The van der Waals surface area contributed by atoms with Gasteiger partial charge >= 0.3 is 5.97 Å². The number of carboxylic acid groups (broad SMARTS) is 1. The second-order valence-corrected chi connectivity index (χ2v) is 3.30. The lowest BCUT2D eigenvalue weighted by Gasteiger charge is -2.02. The number of hydrogen-bond acceptors (Lipinski definition) is 4. The van der Waals surface area contributed by atoms with E-state index in [1.807, 2.05) is 0 Å². The van der Waals surface area contributed by atoms with Crippen LogP contribution in [0.25, 0.3) is 0 Å². The summed E-state index contributed by atoms with van der Waals surface area (Å²) in [5.41, 5.74) is 6.03. The van der Waals surface area contributed by atoms with E-state index in [9.17, 15) is 4.79 Å². The second kappa shape index (κ2) is 3.53. The van der Waals surface area contributed by atoms with Gasteiger partial charge in [-0.15, -0.1) is 11.3 Å². The molecule has 0 aliphatic carbocycles. The molecule has 1 aromatic rings. The van der Waals surface area contributed by atoms with Gasteiger partial charge in [-0.3, -0.25) is 4.79 Å². The number of rotatable bonds is 3. The van der Waals surface area contributed by atoms with Gasteiger partial charge in [0.1, 0.15) is 0 Å². The highest BCUT2D eigenvalue weighted by atomic mass is 32.1. The Morgan fingerprint density at radius 2 is 2.58 bits per heavy atom. The number of aliphatic carboxylic acids is 1. The van der Waals surface area contributed by atoms with Crippen molar-refractivity contribution in [3.63, 3.8) is 0 Å². The fraction of sp³-hybridized carbons (Fsp3) is 0.286. The largest absolute Gasteiger partial charge is 0.481 e. The SMILES string of the molecule is [CH2]C(CC(=O)O)c1csc(N)n1. The van der Waals surface area contributed by atoms with Crippen LogP contribution in [0.1, 0.15) is 18.0 Å². The number of anilines is 1. The van der Waals surface area contributed by atoms with E-state index in [-0.39, 0.29) is 12.3 Å². The Bertz CT molecular complexity index is 285. The number of carbonyl (C=O) groups is 1. The summed E-state index contributed by atoms with van der Waals surface area (Å²) in [6.07, 6.45) is -0.0107. The molecule has 0 amide bonds. The lowest BCUT2D eigenvalue weighted by Crippen LogP contribution is -2.03. The summed E-state index contributed by atoms with van der Waals surface area (Å²) < 4.78 is 0. The monoisotopic (exact) mass is 185 g/mol. The highest BCUT2D eigenvalue weighted by Gasteiger charge is 2.12.